The van der Waals surface area contributed by atoms with Crippen LogP contribution >= 0.6 is 0 Å². The summed E-state index contributed by atoms with van der Waals surface area (Å²) in [7, 11) is 1.75. The first-order chi connectivity index (χ1) is 8.74. The molecule has 0 atom stereocenters. The molecule has 2 heterocycles. The molecule has 0 unspecified atom stereocenters. The number of nitrogens with two attached hydrogens (primary N) is 1. The van der Waals surface area contributed by atoms with Gasteiger partial charge in [0.2, 0.25) is 0 Å². The summed E-state index contributed by atoms with van der Waals surface area (Å²) in [6.45, 7) is 1.89. The van der Waals surface area contributed by atoms with Crippen LogP contribution in [0.2, 0.25) is 0 Å². The summed E-state index contributed by atoms with van der Waals surface area (Å²) in [6.07, 6.45) is 4.05. The van der Waals surface area contributed by atoms with Crippen molar-refractivity contribution in [3.63, 3.8) is 0 Å². The van der Waals surface area contributed by atoms with E-state index in [-0.39, 0.29) is 5.84 Å². The van der Waals surface area contributed by atoms with E-state index in [1.807, 2.05) is 12.1 Å². The minimum absolute atomic E-state index is 0.0311. The zero-order valence-electron chi connectivity index (χ0n) is 10.4. The van der Waals surface area contributed by atoms with Crippen LogP contribution in [0, 0.1) is 0 Å². The van der Waals surface area contributed by atoms with E-state index in [2.05, 4.69) is 15.0 Å². The van der Waals surface area contributed by atoms with Gasteiger partial charge in [0.1, 0.15) is 5.69 Å². The summed E-state index contributed by atoms with van der Waals surface area (Å²) in [5.41, 5.74) is 7.07. The molecule has 6 nitrogen and oxygen atoms in total. The van der Waals surface area contributed by atoms with Crippen LogP contribution in [0.1, 0.15) is 18.5 Å². The highest BCUT2D eigenvalue weighted by Crippen LogP contribution is 2.21. The molecule has 0 bridgehead atoms. The van der Waals surface area contributed by atoms with E-state index < -0.39 is 0 Å². The largest absolute Gasteiger partial charge is 0.409 e. The quantitative estimate of drug-likeness (QED) is 0.358. The number of amidine groups is 1. The van der Waals surface area contributed by atoms with E-state index in [1.165, 1.54) is 0 Å². The van der Waals surface area contributed by atoms with Crippen molar-refractivity contribution >= 4 is 11.5 Å². The van der Waals surface area contributed by atoms with Gasteiger partial charge in [0.15, 0.2) is 5.84 Å². The maximum Gasteiger partial charge on any atom is 0.188 e. The molecule has 1 fully saturated rings. The minimum atomic E-state index is 0.0311. The zero-order valence-corrected chi connectivity index (χ0v) is 10.4. The molecule has 1 aromatic heterocycles. The van der Waals surface area contributed by atoms with Crippen molar-refractivity contribution in [1.29, 1.82) is 0 Å². The molecule has 0 saturated carbocycles. The Hall–Kier alpha value is -1.82. The first kappa shape index (κ1) is 12.6. The molecule has 1 aliphatic heterocycles. The van der Waals surface area contributed by atoms with Crippen LogP contribution in [-0.4, -0.2) is 42.3 Å². The Morgan fingerprint density at radius 1 is 1.56 bits per heavy atom. The number of anilines is 1. The number of oxime groups is 1. The molecular formula is C12H18N4O2. The number of rotatable bonds is 3. The van der Waals surface area contributed by atoms with Crippen LogP contribution in [0.5, 0.6) is 0 Å². The van der Waals surface area contributed by atoms with Gasteiger partial charge in [-0.15, -0.1) is 0 Å². The third-order valence-corrected chi connectivity index (χ3v) is 3.25. The van der Waals surface area contributed by atoms with Gasteiger partial charge in [-0.05, 0) is 25.0 Å². The van der Waals surface area contributed by atoms with Crippen molar-refractivity contribution < 1.29 is 9.94 Å². The van der Waals surface area contributed by atoms with Gasteiger partial charge in [0.05, 0.1) is 6.10 Å². The zero-order chi connectivity index (χ0) is 13.0. The summed E-state index contributed by atoms with van der Waals surface area (Å²) in [5, 5.41) is 11.6. The maximum atomic E-state index is 8.65. The standard InChI is InChI=1S/C12H18N4O2/c1-18-10-3-6-16(7-4-10)9-2-5-14-11(8-9)12(13)15-17/h2,5,8,10,17H,3-4,6-7H2,1H3,(H2,13,15). The lowest BCUT2D eigenvalue weighted by atomic mass is 10.1. The van der Waals surface area contributed by atoms with E-state index >= 15 is 0 Å². The third-order valence-electron chi connectivity index (χ3n) is 3.25. The van der Waals surface area contributed by atoms with Gasteiger partial charge >= 0.3 is 0 Å². The normalized spacial score (nSPS) is 18.1. The van der Waals surface area contributed by atoms with Crippen molar-refractivity contribution in [3.05, 3.63) is 24.0 Å². The lowest BCUT2D eigenvalue weighted by Crippen LogP contribution is -2.36. The van der Waals surface area contributed by atoms with Gasteiger partial charge in [0.25, 0.3) is 0 Å². The predicted octanol–water partition coefficient (Wildman–Crippen LogP) is 0.791. The van der Waals surface area contributed by atoms with E-state index in [0.717, 1.165) is 31.6 Å². The molecule has 0 spiro atoms. The van der Waals surface area contributed by atoms with Gasteiger partial charge in [-0.25, -0.2) is 0 Å². The predicted molar refractivity (Wildman–Crippen MR) is 69.0 cm³/mol. The molecule has 98 valence electrons. The van der Waals surface area contributed by atoms with Gasteiger partial charge in [0, 0.05) is 32.1 Å². The molecule has 0 radical (unpaired) electrons. The van der Waals surface area contributed by atoms with Crippen molar-refractivity contribution in [1.82, 2.24) is 4.98 Å². The molecule has 6 heteroatoms. The van der Waals surface area contributed by atoms with Crippen molar-refractivity contribution in [3.8, 4) is 0 Å². The second-order valence-corrected chi connectivity index (χ2v) is 4.31. The molecule has 2 rings (SSSR count). The molecule has 0 amide bonds. The van der Waals surface area contributed by atoms with Crippen LogP contribution in [0.25, 0.3) is 0 Å². The Labute approximate surface area is 106 Å². The highest BCUT2D eigenvalue weighted by Gasteiger charge is 2.19. The average Bonchev–Trinajstić information content (AvgIpc) is 2.46. The summed E-state index contributed by atoms with van der Waals surface area (Å²) in [4.78, 5) is 6.32. The van der Waals surface area contributed by atoms with Crippen LogP contribution in [-0.2, 0) is 4.74 Å². The van der Waals surface area contributed by atoms with Crippen molar-refractivity contribution in [2.45, 2.75) is 18.9 Å². The summed E-state index contributed by atoms with van der Waals surface area (Å²) >= 11 is 0. The minimum Gasteiger partial charge on any atom is -0.409 e. The number of hydrogen-bond donors (Lipinski definition) is 2. The second-order valence-electron chi connectivity index (χ2n) is 4.31. The Morgan fingerprint density at radius 3 is 2.89 bits per heavy atom. The fourth-order valence-electron chi connectivity index (χ4n) is 2.16. The summed E-state index contributed by atoms with van der Waals surface area (Å²) in [6, 6.07) is 3.77. The summed E-state index contributed by atoms with van der Waals surface area (Å²) in [5.74, 6) is 0.0311. The van der Waals surface area contributed by atoms with Crippen LogP contribution < -0.4 is 10.6 Å². The lowest BCUT2D eigenvalue weighted by molar-refractivity contribution is 0.0819. The Kier molecular flexibility index (Phi) is 3.99. The molecule has 1 aromatic rings. The molecule has 0 aromatic carbocycles. The fourth-order valence-corrected chi connectivity index (χ4v) is 2.16. The Bertz CT molecular complexity index is 428. The third kappa shape index (κ3) is 2.70. The Morgan fingerprint density at radius 2 is 2.28 bits per heavy atom. The monoisotopic (exact) mass is 250 g/mol. The number of nitrogens with zero attached hydrogens (tertiary/aromatic N) is 3. The van der Waals surface area contributed by atoms with Gasteiger partial charge < -0.3 is 20.6 Å². The fraction of sp³-hybridized carbons (Fsp3) is 0.500. The number of aromatic nitrogens is 1. The van der Waals surface area contributed by atoms with Crippen LogP contribution in [0.4, 0.5) is 5.69 Å². The van der Waals surface area contributed by atoms with E-state index in [4.69, 9.17) is 15.7 Å². The molecule has 18 heavy (non-hydrogen) atoms. The highest BCUT2D eigenvalue weighted by molar-refractivity contribution is 5.95. The second kappa shape index (κ2) is 5.68. The van der Waals surface area contributed by atoms with Gasteiger partial charge in [-0.2, -0.15) is 0 Å². The Balaban J connectivity index is 2.10. The van der Waals surface area contributed by atoms with Crippen molar-refractivity contribution in [2.75, 3.05) is 25.1 Å². The van der Waals surface area contributed by atoms with Crippen LogP contribution in [0.3, 0.4) is 0 Å². The average molecular weight is 250 g/mol. The molecule has 0 aliphatic carbocycles. The van der Waals surface area contributed by atoms with Gasteiger partial charge in [-0.1, -0.05) is 5.16 Å². The van der Waals surface area contributed by atoms with E-state index in [9.17, 15) is 0 Å². The number of piperidine rings is 1. The molecule has 1 aliphatic rings. The number of pyridine rings is 1. The number of ether oxygens (including phenoxy) is 1. The lowest BCUT2D eigenvalue weighted by Gasteiger charge is -2.32. The number of methoxy groups -OCH3 is 1. The first-order valence-corrected chi connectivity index (χ1v) is 5.96. The van der Waals surface area contributed by atoms with Gasteiger partial charge in [-0.3, -0.25) is 4.98 Å². The van der Waals surface area contributed by atoms with E-state index in [0.29, 0.717) is 11.8 Å². The molecule has 3 N–H and O–H groups in total. The van der Waals surface area contributed by atoms with E-state index in [1.54, 1.807) is 13.3 Å². The maximum absolute atomic E-state index is 8.65. The topological polar surface area (TPSA) is 84.0 Å². The summed E-state index contributed by atoms with van der Waals surface area (Å²) < 4.78 is 5.34. The number of hydrogen-bond acceptors (Lipinski definition) is 5. The van der Waals surface area contributed by atoms with Crippen LogP contribution in [0.15, 0.2) is 23.5 Å². The SMILES string of the molecule is COC1CCN(c2ccnc(C(N)=NO)c2)CC1. The smallest absolute Gasteiger partial charge is 0.188 e. The first-order valence-electron chi connectivity index (χ1n) is 5.96. The molecular weight excluding hydrogens is 232 g/mol. The highest BCUT2D eigenvalue weighted by atomic mass is 16.5. The van der Waals surface area contributed by atoms with Crippen molar-refractivity contribution in [2.24, 2.45) is 10.9 Å². The molecule has 1 saturated heterocycles.